The van der Waals surface area contributed by atoms with Crippen molar-refractivity contribution in [3.8, 4) is 0 Å². The summed E-state index contributed by atoms with van der Waals surface area (Å²) in [4.78, 5) is 14.9. The molecule has 0 saturated heterocycles. The first-order chi connectivity index (χ1) is 9.43. The van der Waals surface area contributed by atoms with E-state index < -0.39 is 5.41 Å². The third-order valence-corrected chi connectivity index (χ3v) is 3.91. The molecule has 0 heterocycles. The number of Topliss-reactive ketones (excluding diaryl/α,β-unsaturated/α-hetero) is 1. The molecule has 0 unspecified atom stereocenters. The molecule has 1 aromatic carbocycles. The average Bonchev–Trinajstić information content (AvgIpc) is 2.34. The van der Waals surface area contributed by atoms with Crippen molar-refractivity contribution in [2.45, 2.75) is 59.5 Å². The van der Waals surface area contributed by atoms with Gasteiger partial charge < -0.3 is 0 Å². The van der Waals surface area contributed by atoms with Crippen molar-refractivity contribution >= 4 is 5.78 Å². The Labute approximate surface area is 128 Å². The Hall–Kier alpha value is -1.22. The first kappa shape index (κ1) is 17.8. The van der Waals surface area contributed by atoms with Gasteiger partial charge in [-0.25, -0.2) is 4.39 Å². The average molecular weight is 293 g/mol. The van der Waals surface area contributed by atoms with Crippen molar-refractivity contribution in [1.29, 1.82) is 0 Å². The SMILES string of the molecule is CN([C@@H](Cc1ccc(F)cc1)C(=O)C(C)(C)C)C(C)(C)C. The van der Waals surface area contributed by atoms with Gasteiger partial charge in [-0.05, 0) is 51.9 Å². The van der Waals surface area contributed by atoms with Crippen LogP contribution in [0.25, 0.3) is 0 Å². The highest BCUT2D eigenvalue weighted by Crippen LogP contribution is 2.25. The molecule has 0 spiro atoms. The maximum absolute atomic E-state index is 13.0. The number of carbonyl (C=O) groups excluding carboxylic acids is 1. The second kappa shape index (κ2) is 6.27. The zero-order valence-electron chi connectivity index (χ0n) is 14.3. The molecule has 3 heteroatoms. The fourth-order valence-electron chi connectivity index (χ4n) is 2.22. The summed E-state index contributed by atoms with van der Waals surface area (Å²) >= 11 is 0. The third kappa shape index (κ3) is 4.92. The van der Waals surface area contributed by atoms with Gasteiger partial charge in [-0.3, -0.25) is 9.69 Å². The van der Waals surface area contributed by atoms with Gasteiger partial charge in [0, 0.05) is 11.0 Å². The summed E-state index contributed by atoms with van der Waals surface area (Å²) in [7, 11) is 1.98. The summed E-state index contributed by atoms with van der Waals surface area (Å²) in [5.41, 5.74) is 0.477. The van der Waals surface area contributed by atoms with Gasteiger partial charge in [0.05, 0.1) is 6.04 Å². The van der Waals surface area contributed by atoms with Crippen LogP contribution < -0.4 is 0 Å². The van der Waals surface area contributed by atoms with Crippen LogP contribution in [0.3, 0.4) is 0 Å². The van der Waals surface area contributed by atoms with E-state index in [-0.39, 0.29) is 23.2 Å². The molecule has 21 heavy (non-hydrogen) atoms. The van der Waals surface area contributed by atoms with E-state index in [2.05, 4.69) is 25.7 Å². The van der Waals surface area contributed by atoms with Crippen molar-refractivity contribution < 1.29 is 9.18 Å². The molecule has 0 N–H and O–H groups in total. The summed E-state index contributed by atoms with van der Waals surface area (Å²) in [6.45, 7) is 12.1. The Kier molecular flexibility index (Phi) is 5.32. The molecule has 0 fully saturated rings. The Bertz CT molecular complexity index is 479. The van der Waals surface area contributed by atoms with Crippen LogP contribution in [0.5, 0.6) is 0 Å². The van der Waals surface area contributed by atoms with E-state index in [9.17, 15) is 9.18 Å². The van der Waals surface area contributed by atoms with E-state index in [1.165, 1.54) is 12.1 Å². The number of carbonyl (C=O) groups is 1. The lowest BCUT2D eigenvalue weighted by molar-refractivity contribution is -0.133. The number of hydrogen-bond donors (Lipinski definition) is 0. The topological polar surface area (TPSA) is 20.3 Å². The van der Waals surface area contributed by atoms with Gasteiger partial charge in [-0.2, -0.15) is 0 Å². The molecule has 0 bridgehead atoms. The molecule has 118 valence electrons. The van der Waals surface area contributed by atoms with E-state index in [1.54, 1.807) is 12.1 Å². The first-order valence-electron chi connectivity index (χ1n) is 7.44. The number of rotatable bonds is 4. The molecule has 0 aromatic heterocycles. The molecular weight excluding hydrogens is 265 g/mol. The van der Waals surface area contributed by atoms with Crippen LogP contribution in [0, 0.1) is 11.2 Å². The molecular formula is C18H28FNO. The van der Waals surface area contributed by atoms with E-state index in [0.29, 0.717) is 6.42 Å². The standard InChI is InChI=1S/C18H28FNO/c1-17(2,3)16(21)15(20(7)18(4,5)6)12-13-8-10-14(19)11-9-13/h8-11,15H,12H2,1-7H3/t15-/m0/s1. The molecule has 1 rings (SSSR count). The van der Waals surface area contributed by atoms with Crippen molar-refractivity contribution in [3.05, 3.63) is 35.6 Å². The lowest BCUT2D eigenvalue weighted by atomic mass is 9.82. The summed E-state index contributed by atoms with van der Waals surface area (Å²) in [5.74, 6) is -0.0362. The quantitative estimate of drug-likeness (QED) is 0.833. The highest BCUT2D eigenvalue weighted by molar-refractivity contribution is 5.89. The summed E-state index contributed by atoms with van der Waals surface area (Å²) in [6.07, 6.45) is 0.601. The highest BCUT2D eigenvalue weighted by atomic mass is 19.1. The highest BCUT2D eigenvalue weighted by Gasteiger charge is 2.36. The second-order valence-electron chi connectivity index (χ2n) is 7.74. The Morgan fingerprint density at radius 2 is 1.57 bits per heavy atom. The molecule has 0 aliphatic heterocycles. The number of halogens is 1. The minimum Gasteiger partial charge on any atom is -0.297 e. The first-order valence-corrected chi connectivity index (χ1v) is 7.44. The molecule has 0 radical (unpaired) electrons. The minimum atomic E-state index is -0.399. The maximum Gasteiger partial charge on any atom is 0.155 e. The molecule has 0 saturated carbocycles. The number of benzene rings is 1. The Morgan fingerprint density at radius 1 is 1.10 bits per heavy atom. The second-order valence-corrected chi connectivity index (χ2v) is 7.74. The van der Waals surface area contributed by atoms with Gasteiger partial charge in [0.15, 0.2) is 5.78 Å². The Balaban J connectivity index is 3.08. The summed E-state index contributed by atoms with van der Waals surface area (Å²) in [5, 5.41) is 0. The predicted molar refractivity (Wildman–Crippen MR) is 85.9 cm³/mol. The maximum atomic E-state index is 13.0. The molecule has 1 atom stereocenters. The van der Waals surface area contributed by atoms with Crippen LogP contribution >= 0.6 is 0 Å². The van der Waals surface area contributed by atoms with Gasteiger partial charge in [0.2, 0.25) is 0 Å². The molecule has 2 nitrogen and oxygen atoms in total. The van der Waals surface area contributed by atoms with Crippen molar-refractivity contribution in [2.24, 2.45) is 5.41 Å². The van der Waals surface area contributed by atoms with Crippen molar-refractivity contribution in [3.63, 3.8) is 0 Å². The predicted octanol–water partition coefficient (Wildman–Crippen LogP) is 4.08. The Morgan fingerprint density at radius 3 is 1.95 bits per heavy atom. The number of nitrogens with zero attached hydrogens (tertiary/aromatic N) is 1. The zero-order valence-corrected chi connectivity index (χ0v) is 14.3. The van der Waals surface area contributed by atoms with E-state index >= 15 is 0 Å². The van der Waals surface area contributed by atoms with E-state index in [4.69, 9.17) is 0 Å². The van der Waals surface area contributed by atoms with Gasteiger partial charge in [-0.1, -0.05) is 32.9 Å². The number of hydrogen-bond acceptors (Lipinski definition) is 2. The molecule has 0 aliphatic carbocycles. The van der Waals surface area contributed by atoms with E-state index in [0.717, 1.165) is 5.56 Å². The largest absolute Gasteiger partial charge is 0.297 e. The van der Waals surface area contributed by atoms with Crippen molar-refractivity contribution in [1.82, 2.24) is 4.90 Å². The van der Waals surface area contributed by atoms with Crippen LogP contribution in [0.4, 0.5) is 4.39 Å². The van der Waals surface area contributed by atoms with E-state index in [1.807, 2.05) is 27.8 Å². The minimum absolute atomic E-state index is 0.106. The smallest absolute Gasteiger partial charge is 0.155 e. The lowest BCUT2D eigenvalue weighted by Gasteiger charge is -2.40. The summed E-state index contributed by atoms with van der Waals surface area (Å²) < 4.78 is 13.0. The number of likely N-dealkylation sites (N-methyl/N-ethyl adjacent to an activating group) is 1. The zero-order chi connectivity index (χ0) is 16.4. The number of ketones is 1. The lowest BCUT2D eigenvalue weighted by Crippen LogP contribution is -2.52. The fourth-order valence-corrected chi connectivity index (χ4v) is 2.22. The molecule has 1 aromatic rings. The van der Waals surface area contributed by atoms with Crippen LogP contribution in [0.1, 0.15) is 47.1 Å². The van der Waals surface area contributed by atoms with Crippen LogP contribution in [-0.2, 0) is 11.2 Å². The van der Waals surface area contributed by atoms with Gasteiger partial charge >= 0.3 is 0 Å². The fraction of sp³-hybridized carbons (Fsp3) is 0.611. The van der Waals surface area contributed by atoms with Crippen LogP contribution in [0.15, 0.2) is 24.3 Å². The van der Waals surface area contributed by atoms with Crippen LogP contribution in [-0.4, -0.2) is 29.3 Å². The molecule has 0 aliphatic rings. The van der Waals surface area contributed by atoms with Gasteiger partial charge in [0.1, 0.15) is 5.82 Å². The van der Waals surface area contributed by atoms with Crippen LogP contribution in [0.2, 0.25) is 0 Å². The monoisotopic (exact) mass is 293 g/mol. The van der Waals surface area contributed by atoms with Gasteiger partial charge in [0.25, 0.3) is 0 Å². The van der Waals surface area contributed by atoms with Crippen molar-refractivity contribution in [2.75, 3.05) is 7.05 Å². The normalized spacial score (nSPS) is 14.3. The third-order valence-electron chi connectivity index (χ3n) is 3.91. The molecule has 0 amide bonds. The summed E-state index contributed by atoms with van der Waals surface area (Å²) in [6, 6.07) is 6.20. The van der Waals surface area contributed by atoms with Gasteiger partial charge in [-0.15, -0.1) is 0 Å².